The van der Waals surface area contributed by atoms with Gasteiger partial charge in [-0.15, -0.1) is 29.1 Å². The number of benzene rings is 6. The summed E-state index contributed by atoms with van der Waals surface area (Å²) in [6, 6.07) is 27.4. The van der Waals surface area contributed by atoms with Gasteiger partial charge in [0.05, 0.1) is 18.1 Å². The third kappa shape index (κ3) is 10.5. The Hall–Kier alpha value is -5.75. The van der Waals surface area contributed by atoms with E-state index in [2.05, 4.69) is 68.0 Å². The number of carbonyl (C=O) groups excluding carboxylic acids is 1. The number of carbonyl (C=O) groups is 1. The fraction of sp³-hybridized carbons (Fsp3) is 0.276. The summed E-state index contributed by atoms with van der Waals surface area (Å²) in [5, 5.41) is 12.0. The van der Waals surface area contributed by atoms with Crippen LogP contribution < -0.4 is 15.1 Å². The second kappa shape index (κ2) is 21.5. The topological polar surface area (TPSA) is 56.7 Å². The second-order valence-corrected chi connectivity index (χ2v) is 17.5. The monoisotopic (exact) mass is 1050 g/mol. The van der Waals surface area contributed by atoms with Gasteiger partial charge in [-0.3, -0.25) is 9.78 Å². The molecule has 65 heavy (non-hydrogen) atoms. The Kier molecular flexibility index (Phi) is 12.4. The number of ketones is 1. The third-order valence-electron chi connectivity index (χ3n) is 12.5. The number of aliphatic hydroxyl groups excluding tert-OH is 1. The number of pyridine rings is 1. The molecule has 7 aromatic rings. The summed E-state index contributed by atoms with van der Waals surface area (Å²) in [5.74, 6) is 0.547. The van der Waals surface area contributed by atoms with Crippen molar-refractivity contribution in [3.63, 3.8) is 0 Å². The molecular weight excluding hydrogens is 974 g/mol. The van der Waals surface area contributed by atoms with E-state index >= 15 is 0 Å². The molecule has 6 aromatic carbocycles. The molecule has 0 spiro atoms. The van der Waals surface area contributed by atoms with Crippen molar-refractivity contribution in [2.45, 2.75) is 79.6 Å². The summed E-state index contributed by atoms with van der Waals surface area (Å²) in [6.45, 7) is 14.1. The largest absolute Gasteiger partial charge is 0.512 e. The molecule has 0 saturated heterocycles. The average Bonchev–Trinajstić information content (AvgIpc) is 3.62. The van der Waals surface area contributed by atoms with Crippen molar-refractivity contribution in [3.8, 4) is 44.6 Å². The molecule has 5 nitrogen and oxygen atoms in total. The smallest absolute Gasteiger partial charge is 0.412 e. The number of nitrogens with zero attached hydrogens (tertiary/aromatic N) is 3. The van der Waals surface area contributed by atoms with Gasteiger partial charge in [-0.2, -0.15) is 0 Å². The summed E-state index contributed by atoms with van der Waals surface area (Å²) in [6.07, 6.45) is 6.71. The summed E-state index contributed by atoms with van der Waals surface area (Å²) in [5.41, 5.74) is 8.02. The van der Waals surface area contributed by atoms with Crippen molar-refractivity contribution in [2.24, 2.45) is 11.8 Å². The van der Waals surface area contributed by atoms with Crippen molar-refractivity contribution in [3.05, 3.63) is 169 Å². The van der Waals surface area contributed by atoms with Crippen LogP contribution in [0.5, 0.6) is 0 Å². The molecule has 2 heterocycles. The van der Waals surface area contributed by atoms with Gasteiger partial charge in [-0.25, -0.2) is 0 Å². The zero-order valence-electron chi connectivity index (χ0n) is 47.8. The van der Waals surface area contributed by atoms with E-state index in [1.165, 1.54) is 23.1 Å². The molecule has 0 atom stereocenters. The molecule has 1 aliphatic rings. The molecule has 0 saturated carbocycles. The third-order valence-corrected chi connectivity index (χ3v) is 12.5. The van der Waals surface area contributed by atoms with Crippen molar-refractivity contribution in [1.82, 2.24) is 4.98 Å². The number of fused-ring (bicyclic) bond motifs is 2. The Bertz CT molecular complexity index is 3250. The molecule has 1 radical (unpaired) electrons. The number of hydrogen-bond donors (Lipinski definition) is 1. The van der Waals surface area contributed by atoms with Crippen LogP contribution in [0, 0.1) is 17.9 Å². The number of aliphatic hydroxyl groups is 1. The molecule has 7 heteroatoms. The Morgan fingerprint density at radius 2 is 1.34 bits per heavy atom. The first kappa shape index (κ1) is 37.5. The molecule has 0 amide bonds. The van der Waals surface area contributed by atoms with E-state index in [0.717, 1.165) is 64.8 Å². The van der Waals surface area contributed by atoms with E-state index in [9.17, 15) is 9.90 Å². The Balaban J connectivity index is 0.000000485. The standard InChI is InChI=1S/C45H39BN3.C13H24O2.Ir/c1-45(2,3)40-28-36(27-35-19-12-13-20-37(35)40)41-29-34(25-26-47-41)33-23-24-42-43(30-33)49(5)46(48(42)4)44-38(31-15-8-6-9-16-31)21-14-22-39(44)32-17-10-7-11-18-32;1-5-10(6-2)12(14)9-13(15)11(7-3)8-4;/h6-26,28-30H,1-5H3;9-11,14H,5-8H2,1-4H3;/q-1;;/b;12-9-;/i6D,7D,8D,9D,10D,11D,15D,16D,17D;;. The minimum atomic E-state index is -0.622. The van der Waals surface area contributed by atoms with Gasteiger partial charge in [0.1, 0.15) is 0 Å². The van der Waals surface area contributed by atoms with Gasteiger partial charge in [0.15, 0.2) is 5.78 Å². The van der Waals surface area contributed by atoms with Gasteiger partial charge in [0.2, 0.25) is 0 Å². The quantitative estimate of drug-likeness (QED) is 0.0572. The Morgan fingerprint density at radius 1 is 0.723 bits per heavy atom. The molecule has 1 aliphatic heterocycles. The minimum absolute atomic E-state index is 0. The van der Waals surface area contributed by atoms with Gasteiger partial charge in [0, 0.05) is 61.3 Å². The SMILES string of the molecule is CCC(CC)C(=O)/C=C(\O)C(CC)CC.[2H]c1cc(-c2cccc(-c3c([2H])c([2H])c([2H])c([2H])c3[2H])c2B2N(C)c3ccc(-c4ccnc(-c5[c-]c6ccccc6c(C(C)(C)C)c5)c4)cc3N2C)c([2H])c([2H])c1[2H].[Ir]. The van der Waals surface area contributed by atoms with Crippen molar-refractivity contribution >= 4 is 40.4 Å². The zero-order valence-corrected chi connectivity index (χ0v) is 41.2. The van der Waals surface area contributed by atoms with E-state index in [-0.39, 0.29) is 90.2 Å². The maximum atomic E-state index is 11.7. The molecule has 0 unspecified atom stereocenters. The van der Waals surface area contributed by atoms with Crippen LogP contribution in [0.4, 0.5) is 11.4 Å². The van der Waals surface area contributed by atoms with Gasteiger partial charge >= 0.3 is 6.98 Å². The van der Waals surface area contributed by atoms with Gasteiger partial charge in [0.25, 0.3) is 0 Å². The maximum Gasteiger partial charge on any atom is 0.412 e. The van der Waals surface area contributed by atoms with Crippen molar-refractivity contribution in [2.75, 3.05) is 23.7 Å². The molecule has 8 rings (SSSR count). The van der Waals surface area contributed by atoms with E-state index < -0.39 is 31.2 Å². The van der Waals surface area contributed by atoms with E-state index in [1.807, 2.05) is 70.9 Å². The number of anilines is 2. The number of hydrogen-bond acceptors (Lipinski definition) is 5. The molecule has 0 fully saturated rings. The fourth-order valence-electron chi connectivity index (χ4n) is 8.82. The van der Waals surface area contributed by atoms with Gasteiger partial charge in [-0.1, -0.05) is 168 Å². The summed E-state index contributed by atoms with van der Waals surface area (Å²) in [7, 11) is 3.85. The number of rotatable bonds is 12. The van der Waals surface area contributed by atoms with Gasteiger partial charge < -0.3 is 14.7 Å². The first-order chi connectivity index (χ1) is 34.6. The molecule has 0 bridgehead atoms. The van der Waals surface area contributed by atoms with Crippen molar-refractivity contribution < 1.29 is 42.3 Å². The van der Waals surface area contributed by atoms with Gasteiger partial charge in [-0.05, 0) is 102 Å². The minimum Gasteiger partial charge on any atom is -0.512 e. The summed E-state index contributed by atoms with van der Waals surface area (Å²) in [4.78, 5) is 20.6. The van der Waals surface area contributed by atoms with E-state index in [1.54, 1.807) is 24.4 Å². The normalized spacial score (nSPS) is 14.5. The molecule has 335 valence electrons. The van der Waals surface area contributed by atoms with Crippen molar-refractivity contribution in [1.29, 1.82) is 0 Å². The van der Waals surface area contributed by atoms with Crippen LogP contribution in [-0.2, 0) is 30.3 Å². The first-order valence-corrected chi connectivity index (χ1v) is 22.3. The van der Waals surface area contributed by atoms with E-state index in [0.29, 0.717) is 16.6 Å². The first-order valence-electron chi connectivity index (χ1n) is 26.8. The molecule has 1 aromatic heterocycles. The van der Waals surface area contributed by atoms with Crippen LogP contribution in [0.2, 0.25) is 0 Å². The van der Waals surface area contributed by atoms with Crippen LogP contribution in [0.3, 0.4) is 0 Å². The number of allylic oxidation sites excluding steroid dienone is 2. The average molecular weight is 1050 g/mol. The molecule has 0 aliphatic carbocycles. The predicted molar refractivity (Wildman–Crippen MR) is 274 cm³/mol. The van der Waals surface area contributed by atoms with Crippen LogP contribution in [0.1, 0.15) is 92.0 Å². The van der Waals surface area contributed by atoms with Crippen LogP contribution >= 0.6 is 0 Å². The van der Waals surface area contributed by atoms with Crippen LogP contribution in [-0.4, -0.2) is 37.0 Å². The second-order valence-electron chi connectivity index (χ2n) is 17.5. The fourth-order valence-corrected chi connectivity index (χ4v) is 8.82. The van der Waals surface area contributed by atoms with E-state index in [4.69, 9.17) is 17.3 Å². The Labute approximate surface area is 414 Å². The Morgan fingerprint density at radius 3 is 2.02 bits per heavy atom. The molecule has 1 N–H and O–H groups in total. The van der Waals surface area contributed by atoms with Crippen LogP contribution in [0.15, 0.2) is 157 Å². The maximum absolute atomic E-state index is 11.7. The molecular formula is C58H63BIrN3O2-. The van der Waals surface area contributed by atoms with Crippen LogP contribution in [0.25, 0.3) is 55.4 Å². The zero-order chi connectivity index (χ0) is 53.4. The number of aromatic nitrogens is 1. The summed E-state index contributed by atoms with van der Waals surface area (Å²) >= 11 is 0. The predicted octanol–water partition coefficient (Wildman–Crippen LogP) is 14.1. The summed E-state index contributed by atoms with van der Waals surface area (Å²) < 4.78 is 77.2.